The Bertz CT molecular complexity index is 745. The number of nitro groups is 1. The van der Waals surface area contributed by atoms with Crippen LogP contribution in [0.5, 0.6) is 11.5 Å². The molecule has 6 heteroatoms. The molecule has 0 saturated heterocycles. The molecule has 0 radical (unpaired) electrons. The number of rotatable bonds is 5. The molecule has 1 aliphatic carbocycles. The summed E-state index contributed by atoms with van der Waals surface area (Å²) in [5, 5.41) is 14.4. The van der Waals surface area contributed by atoms with E-state index < -0.39 is 4.92 Å². The van der Waals surface area contributed by atoms with Gasteiger partial charge in [-0.05, 0) is 36.1 Å². The Morgan fingerprint density at radius 2 is 1.96 bits per heavy atom. The molecule has 1 aliphatic rings. The fourth-order valence-corrected chi connectivity index (χ4v) is 3.08. The van der Waals surface area contributed by atoms with Crippen LogP contribution in [0.4, 0.5) is 11.4 Å². The summed E-state index contributed by atoms with van der Waals surface area (Å²) in [5.74, 6) is 1.16. The summed E-state index contributed by atoms with van der Waals surface area (Å²) in [5.41, 5.74) is 3.20. The van der Waals surface area contributed by atoms with Crippen LogP contribution in [0.1, 0.15) is 23.6 Å². The number of nitro benzene ring substituents is 1. The maximum atomic E-state index is 11.0. The van der Waals surface area contributed by atoms with Gasteiger partial charge in [-0.25, -0.2) is 0 Å². The molecule has 0 heterocycles. The predicted octanol–water partition coefficient (Wildman–Crippen LogP) is 3.71. The van der Waals surface area contributed by atoms with Crippen molar-refractivity contribution in [2.24, 2.45) is 0 Å². The molecule has 1 atom stereocenters. The quantitative estimate of drug-likeness (QED) is 0.672. The van der Waals surface area contributed by atoms with Gasteiger partial charge in [0.05, 0.1) is 25.2 Å². The van der Waals surface area contributed by atoms with Gasteiger partial charge >= 0.3 is 5.69 Å². The summed E-state index contributed by atoms with van der Waals surface area (Å²) in [4.78, 5) is 10.5. The minimum atomic E-state index is -0.446. The number of anilines is 1. The normalized spacial score (nSPS) is 15.8. The molecule has 0 aromatic heterocycles. The first-order valence-electron chi connectivity index (χ1n) is 7.38. The van der Waals surface area contributed by atoms with Gasteiger partial charge in [0.15, 0.2) is 5.75 Å². The molecule has 1 unspecified atom stereocenters. The number of ether oxygens (including phenoxy) is 2. The zero-order valence-corrected chi connectivity index (χ0v) is 13.0. The predicted molar refractivity (Wildman–Crippen MR) is 87.3 cm³/mol. The lowest BCUT2D eigenvalue weighted by Crippen LogP contribution is -2.07. The van der Waals surface area contributed by atoms with Gasteiger partial charge in [0.2, 0.25) is 0 Å². The lowest BCUT2D eigenvalue weighted by Gasteiger charge is -2.16. The van der Waals surface area contributed by atoms with E-state index in [1.807, 2.05) is 12.1 Å². The van der Waals surface area contributed by atoms with Gasteiger partial charge in [-0.1, -0.05) is 12.1 Å². The number of nitrogens with one attached hydrogen (secondary N) is 1. The molecule has 2 aromatic rings. The SMILES string of the molecule is COc1cc(NC2CCc3c(OC)cccc32)ccc1[N+](=O)[O-]. The molecule has 0 aliphatic heterocycles. The van der Waals surface area contributed by atoms with Gasteiger partial charge in [-0.15, -0.1) is 0 Å². The number of methoxy groups -OCH3 is 2. The van der Waals surface area contributed by atoms with Crippen molar-refractivity contribution in [1.82, 2.24) is 0 Å². The van der Waals surface area contributed by atoms with E-state index in [-0.39, 0.29) is 17.5 Å². The zero-order chi connectivity index (χ0) is 16.4. The smallest absolute Gasteiger partial charge is 0.311 e. The average Bonchev–Trinajstić information content (AvgIpc) is 2.97. The number of benzene rings is 2. The molecule has 0 amide bonds. The van der Waals surface area contributed by atoms with E-state index in [0.29, 0.717) is 0 Å². The highest BCUT2D eigenvalue weighted by atomic mass is 16.6. The lowest BCUT2D eigenvalue weighted by molar-refractivity contribution is -0.385. The summed E-state index contributed by atoms with van der Waals surface area (Å²) in [6, 6.07) is 11.0. The maximum Gasteiger partial charge on any atom is 0.311 e. The summed E-state index contributed by atoms with van der Waals surface area (Å²) in [7, 11) is 3.11. The van der Waals surface area contributed by atoms with Gasteiger partial charge in [-0.2, -0.15) is 0 Å². The van der Waals surface area contributed by atoms with Gasteiger partial charge in [-0.3, -0.25) is 10.1 Å². The van der Waals surface area contributed by atoms with E-state index in [1.54, 1.807) is 19.2 Å². The summed E-state index contributed by atoms with van der Waals surface area (Å²) >= 11 is 0. The third kappa shape index (κ3) is 2.79. The maximum absolute atomic E-state index is 11.0. The Hall–Kier alpha value is -2.76. The topological polar surface area (TPSA) is 73.6 Å². The van der Waals surface area contributed by atoms with Crippen LogP contribution in [0.3, 0.4) is 0 Å². The van der Waals surface area contributed by atoms with E-state index in [4.69, 9.17) is 9.47 Å². The minimum absolute atomic E-state index is 0.0356. The first kappa shape index (κ1) is 15.1. The van der Waals surface area contributed by atoms with E-state index in [1.165, 1.54) is 24.3 Å². The molecule has 2 aromatic carbocycles. The molecule has 0 saturated carbocycles. The van der Waals surface area contributed by atoms with Crippen LogP contribution in [0.2, 0.25) is 0 Å². The first-order chi connectivity index (χ1) is 11.1. The second-order valence-corrected chi connectivity index (χ2v) is 5.41. The Morgan fingerprint density at radius 1 is 1.17 bits per heavy atom. The molecule has 6 nitrogen and oxygen atoms in total. The van der Waals surface area contributed by atoms with Gasteiger partial charge in [0, 0.05) is 17.8 Å². The van der Waals surface area contributed by atoms with Gasteiger partial charge < -0.3 is 14.8 Å². The van der Waals surface area contributed by atoms with Crippen LogP contribution in [0.25, 0.3) is 0 Å². The van der Waals surface area contributed by atoms with E-state index in [2.05, 4.69) is 11.4 Å². The minimum Gasteiger partial charge on any atom is -0.496 e. The number of hydrogen-bond donors (Lipinski definition) is 1. The van der Waals surface area contributed by atoms with E-state index >= 15 is 0 Å². The largest absolute Gasteiger partial charge is 0.496 e. The molecule has 0 fully saturated rings. The van der Waals surface area contributed by atoms with Gasteiger partial charge in [0.1, 0.15) is 5.75 Å². The lowest BCUT2D eigenvalue weighted by atomic mass is 10.1. The number of fused-ring (bicyclic) bond motifs is 1. The fraction of sp³-hybridized carbons (Fsp3) is 0.294. The first-order valence-corrected chi connectivity index (χ1v) is 7.38. The monoisotopic (exact) mass is 314 g/mol. The molecule has 0 spiro atoms. The fourth-order valence-electron chi connectivity index (χ4n) is 3.08. The van der Waals surface area contributed by atoms with Crippen molar-refractivity contribution in [3.8, 4) is 11.5 Å². The van der Waals surface area contributed by atoms with Crippen molar-refractivity contribution in [2.75, 3.05) is 19.5 Å². The molecular formula is C17H18N2O4. The van der Waals surface area contributed by atoms with Crippen LogP contribution in [0, 0.1) is 10.1 Å². The number of hydrogen-bond acceptors (Lipinski definition) is 5. The molecule has 120 valence electrons. The van der Waals surface area contributed by atoms with Crippen LogP contribution in [-0.2, 0) is 6.42 Å². The molecule has 23 heavy (non-hydrogen) atoms. The second-order valence-electron chi connectivity index (χ2n) is 5.41. The van der Waals surface area contributed by atoms with Crippen molar-refractivity contribution in [2.45, 2.75) is 18.9 Å². The third-order valence-corrected chi connectivity index (χ3v) is 4.16. The Kier molecular flexibility index (Phi) is 4.06. The van der Waals surface area contributed by atoms with Crippen LogP contribution < -0.4 is 14.8 Å². The zero-order valence-electron chi connectivity index (χ0n) is 13.0. The molecule has 3 rings (SSSR count). The summed E-state index contributed by atoms with van der Waals surface area (Å²) in [6.07, 6.45) is 1.90. The van der Waals surface area contributed by atoms with Gasteiger partial charge in [0.25, 0.3) is 0 Å². The highest BCUT2D eigenvalue weighted by molar-refractivity contribution is 5.59. The van der Waals surface area contributed by atoms with Crippen LogP contribution in [0.15, 0.2) is 36.4 Å². The molecule has 1 N–H and O–H groups in total. The number of nitrogens with zero attached hydrogens (tertiary/aromatic N) is 1. The van der Waals surface area contributed by atoms with Crippen molar-refractivity contribution in [3.05, 3.63) is 57.6 Å². The van der Waals surface area contributed by atoms with Crippen molar-refractivity contribution in [3.63, 3.8) is 0 Å². The van der Waals surface area contributed by atoms with Crippen molar-refractivity contribution < 1.29 is 14.4 Å². The van der Waals surface area contributed by atoms with E-state index in [0.717, 1.165) is 24.3 Å². The summed E-state index contributed by atoms with van der Waals surface area (Å²) < 4.78 is 10.5. The molecule has 0 bridgehead atoms. The third-order valence-electron chi connectivity index (χ3n) is 4.16. The summed E-state index contributed by atoms with van der Waals surface area (Å²) in [6.45, 7) is 0. The highest BCUT2D eigenvalue weighted by Crippen LogP contribution is 2.39. The Labute approximate surface area is 134 Å². The standard InChI is InChI=1S/C17H18N2O4/c1-22-16-5-3-4-12-13(16)7-8-14(12)18-11-6-9-15(19(20)21)17(10-11)23-2/h3-6,9-10,14,18H,7-8H2,1-2H3. The Morgan fingerprint density at radius 3 is 2.65 bits per heavy atom. The van der Waals surface area contributed by atoms with Crippen molar-refractivity contribution >= 4 is 11.4 Å². The molecular weight excluding hydrogens is 296 g/mol. The van der Waals surface area contributed by atoms with Crippen LogP contribution in [-0.4, -0.2) is 19.1 Å². The van der Waals surface area contributed by atoms with Crippen LogP contribution >= 0.6 is 0 Å². The highest BCUT2D eigenvalue weighted by Gasteiger charge is 2.25. The average molecular weight is 314 g/mol. The Balaban J connectivity index is 1.86. The van der Waals surface area contributed by atoms with Crippen molar-refractivity contribution in [1.29, 1.82) is 0 Å². The van der Waals surface area contributed by atoms with E-state index in [9.17, 15) is 10.1 Å². The second kappa shape index (κ2) is 6.16.